The Kier molecular flexibility index (Phi) is 5.07. The molecule has 0 saturated heterocycles. The van der Waals surface area contributed by atoms with Crippen molar-refractivity contribution in [2.75, 3.05) is 12.3 Å². The average molecular weight is 300 g/mol. The van der Waals surface area contributed by atoms with Crippen molar-refractivity contribution >= 4 is 21.7 Å². The Labute approximate surface area is 119 Å². The third kappa shape index (κ3) is 5.14. The highest BCUT2D eigenvalue weighted by Crippen LogP contribution is 2.13. The number of carbonyl (C=O) groups excluding carboxylic acids is 1. The number of anilines is 1. The minimum absolute atomic E-state index is 0.00141. The van der Waals surface area contributed by atoms with E-state index < -0.39 is 10.0 Å². The normalized spacial score (nSPS) is 12.2. The molecule has 0 bridgehead atoms. The van der Waals surface area contributed by atoms with E-state index in [9.17, 15) is 13.2 Å². The van der Waals surface area contributed by atoms with Crippen LogP contribution >= 0.6 is 0 Å². The van der Waals surface area contributed by atoms with Crippen molar-refractivity contribution in [2.24, 2.45) is 0 Å². The van der Waals surface area contributed by atoms with Crippen molar-refractivity contribution in [3.8, 4) is 0 Å². The van der Waals surface area contributed by atoms with Crippen LogP contribution in [0.4, 0.5) is 5.82 Å². The monoisotopic (exact) mass is 300 g/mol. The lowest BCUT2D eigenvalue weighted by molar-refractivity contribution is -0.122. The van der Waals surface area contributed by atoms with Crippen LogP contribution in [0.3, 0.4) is 0 Å². The summed E-state index contributed by atoms with van der Waals surface area (Å²) in [7, 11) is -3.75. The number of nitrogens with two attached hydrogens (primary N) is 1. The van der Waals surface area contributed by atoms with Crippen LogP contribution < -0.4 is 15.8 Å². The fraction of sp³-hybridized carbons (Fsp3) is 0.500. The van der Waals surface area contributed by atoms with E-state index in [1.54, 1.807) is 0 Å². The molecular weight excluding hydrogens is 280 g/mol. The third-order valence-electron chi connectivity index (χ3n) is 2.25. The molecule has 4 N–H and O–H groups in total. The van der Waals surface area contributed by atoms with E-state index >= 15 is 0 Å². The summed E-state index contributed by atoms with van der Waals surface area (Å²) in [5.74, 6) is -0.293. The second-order valence-electron chi connectivity index (χ2n) is 5.33. The van der Waals surface area contributed by atoms with Crippen LogP contribution in [-0.4, -0.2) is 31.4 Å². The van der Waals surface area contributed by atoms with Crippen molar-refractivity contribution in [3.05, 3.63) is 18.3 Å². The van der Waals surface area contributed by atoms with E-state index in [0.717, 1.165) is 0 Å². The predicted octanol–water partition coefficient (Wildman–Crippen LogP) is 0.247. The van der Waals surface area contributed by atoms with Gasteiger partial charge in [0.15, 0.2) is 0 Å². The summed E-state index contributed by atoms with van der Waals surface area (Å²) in [6, 6.07) is 2.84. The lowest BCUT2D eigenvalue weighted by Crippen LogP contribution is -2.42. The van der Waals surface area contributed by atoms with Crippen molar-refractivity contribution in [1.29, 1.82) is 0 Å². The van der Waals surface area contributed by atoms with Gasteiger partial charge in [-0.15, -0.1) is 0 Å². The molecule has 112 valence electrons. The second-order valence-corrected chi connectivity index (χ2v) is 7.07. The maximum Gasteiger partial charge on any atom is 0.244 e. The summed E-state index contributed by atoms with van der Waals surface area (Å²) in [5.41, 5.74) is 5.17. The molecule has 0 aliphatic heterocycles. The van der Waals surface area contributed by atoms with Gasteiger partial charge < -0.3 is 11.1 Å². The van der Waals surface area contributed by atoms with E-state index in [1.807, 2.05) is 20.8 Å². The zero-order chi connectivity index (χ0) is 15.4. The minimum atomic E-state index is -3.75. The lowest BCUT2D eigenvalue weighted by Gasteiger charge is -2.20. The molecule has 0 aromatic carbocycles. The summed E-state index contributed by atoms with van der Waals surface area (Å²) in [4.78, 5) is 15.2. The Hall–Kier alpha value is -1.67. The average Bonchev–Trinajstić information content (AvgIpc) is 2.26. The van der Waals surface area contributed by atoms with Crippen molar-refractivity contribution < 1.29 is 13.2 Å². The highest BCUT2D eigenvalue weighted by Gasteiger charge is 2.18. The molecule has 1 aromatic rings. The fourth-order valence-corrected chi connectivity index (χ4v) is 2.60. The number of aromatic nitrogens is 1. The molecule has 0 aliphatic rings. The molecule has 0 radical (unpaired) electrons. The molecule has 0 spiro atoms. The van der Waals surface area contributed by atoms with Crippen molar-refractivity contribution in [1.82, 2.24) is 15.0 Å². The van der Waals surface area contributed by atoms with E-state index in [2.05, 4.69) is 15.0 Å². The molecular formula is C12H20N4O3S. The van der Waals surface area contributed by atoms with Crippen LogP contribution in [-0.2, 0) is 14.8 Å². The number of sulfonamides is 1. The zero-order valence-electron chi connectivity index (χ0n) is 11.8. The minimum Gasteiger partial charge on any atom is -0.383 e. The van der Waals surface area contributed by atoms with Gasteiger partial charge in [-0.05, 0) is 32.9 Å². The highest BCUT2D eigenvalue weighted by molar-refractivity contribution is 7.89. The van der Waals surface area contributed by atoms with Crippen LogP contribution in [0.1, 0.15) is 27.2 Å². The Balaban J connectivity index is 2.58. The number of amides is 1. The number of pyridine rings is 1. The van der Waals surface area contributed by atoms with Crippen LogP contribution in [0.5, 0.6) is 0 Å². The predicted molar refractivity (Wildman–Crippen MR) is 76.4 cm³/mol. The smallest absolute Gasteiger partial charge is 0.244 e. The number of hydrogen-bond donors (Lipinski definition) is 3. The summed E-state index contributed by atoms with van der Waals surface area (Å²) >= 11 is 0. The van der Waals surface area contributed by atoms with Crippen LogP contribution in [0.25, 0.3) is 0 Å². The summed E-state index contributed by atoms with van der Waals surface area (Å²) in [5, 5.41) is 2.75. The summed E-state index contributed by atoms with van der Waals surface area (Å²) in [6.07, 6.45) is 1.46. The van der Waals surface area contributed by atoms with Gasteiger partial charge in [-0.25, -0.2) is 18.1 Å². The van der Waals surface area contributed by atoms with Crippen LogP contribution in [0.15, 0.2) is 23.2 Å². The van der Waals surface area contributed by atoms with Crippen molar-refractivity contribution in [2.45, 2.75) is 37.6 Å². The molecule has 1 heterocycles. The number of carbonyl (C=O) groups is 1. The van der Waals surface area contributed by atoms with E-state index in [4.69, 9.17) is 5.73 Å². The standard InChI is InChI=1S/C12H20N4O3S/c1-12(2,3)16-10(17)6-8-15-20(18,19)9-5-4-7-14-11(9)13/h4-5,7,15H,6,8H2,1-3H3,(H2,13,14)(H,16,17). The van der Waals surface area contributed by atoms with Gasteiger partial charge in [-0.3, -0.25) is 4.79 Å². The van der Waals surface area contributed by atoms with Gasteiger partial charge >= 0.3 is 0 Å². The highest BCUT2D eigenvalue weighted by atomic mass is 32.2. The molecule has 8 heteroatoms. The van der Waals surface area contributed by atoms with Gasteiger partial charge in [0.25, 0.3) is 0 Å². The molecule has 1 rings (SSSR count). The summed E-state index contributed by atoms with van der Waals surface area (Å²) < 4.78 is 26.2. The maximum atomic E-state index is 12.0. The fourth-order valence-electron chi connectivity index (χ4n) is 1.49. The van der Waals surface area contributed by atoms with Gasteiger partial charge in [0.05, 0.1) is 0 Å². The number of nitrogen functional groups attached to an aromatic ring is 1. The maximum absolute atomic E-state index is 12.0. The van der Waals surface area contributed by atoms with Crippen LogP contribution in [0, 0.1) is 0 Å². The Morgan fingerprint density at radius 3 is 2.60 bits per heavy atom. The molecule has 0 fully saturated rings. The molecule has 0 saturated carbocycles. The summed E-state index contributed by atoms with van der Waals surface area (Å²) in [6.45, 7) is 5.56. The van der Waals surface area contributed by atoms with Gasteiger partial charge in [0.1, 0.15) is 10.7 Å². The van der Waals surface area contributed by atoms with E-state index in [-0.39, 0.29) is 35.1 Å². The molecule has 20 heavy (non-hydrogen) atoms. The second kappa shape index (κ2) is 6.19. The number of nitrogens with zero attached hydrogens (tertiary/aromatic N) is 1. The topological polar surface area (TPSA) is 114 Å². The number of hydrogen-bond acceptors (Lipinski definition) is 5. The van der Waals surface area contributed by atoms with E-state index in [0.29, 0.717) is 0 Å². The zero-order valence-corrected chi connectivity index (χ0v) is 12.6. The van der Waals surface area contributed by atoms with Gasteiger partial charge in [-0.2, -0.15) is 0 Å². The van der Waals surface area contributed by atoms with Gasteiger partial charge in [0.2, 0.25) is 15.9 Å². The number of nitrogens with one attached hydrogen (secondary N) is 2. The molecule has 0 aliphatic carbocycles. The van der Waals surface area contributed by atoms with Crippen molar-refractivity contribution in [3.63, 3.8) is 0 Å². The first-order valence-corrected chi connectivity index (χ1v) is 7.61. The Morgan fingerprint density at radius 2 is 2.05 bits per heavy atom. The molecule has 0 unspecified atom stereocenters. The lowest BCUT2D eigenvalue weighted by atomic mass is 10.1. The first-order chi connectivity index (χ1) is 9.12. The Bertz CT molecular complexity index is 579. The SMILES string of the molecule is CC(C)(C)NC(=O)CCNS(=O)(=O)c1cccnc1N. The van der Waals surface area contributed by atoms with Gasteiger partial charge in [-0.1, -0.05) is 0 Å². The Morgan fingerprint density at radius 1 is 1.40 bits per heavy atom. The van der Waals surface area contributed by atoms with Crippen LogP contribution in [0.2, 0.25) is 0 Å². The molecule has 7 nitrogen and oxygen atoms in total. The van der Waals surface area contributed by atoms with E-state index in [1.165, 1.54) is 18.3 Å². The first-order valence-electron chi connectivity index (χ1n) is 6.13. The molecule has 1 amide bonds. The third-order valence-corrected chi connectivity index (χ3v) is 3.76. The quantitative estimate of drug-likeness (QED) is 0.721. The molecule has 0 atom stereocenters. The first kappa shape index (κ1) is 16.4. The van der Waals surface area contributed by atoms with Gasteiger partial charge in [0, 0.05) is 24.7 Å². The number of rotatable bonds is 5. The largest absolute Gasteiger partial charge is 0.383 e. The molecule has 1 aromatic heterocycles.